The van der Waals surface area contributed by atoms with Crippen LogP contribution in [-0.4, -0.2) is 20.8 Å². The molecule has 0 radical (unpaired) electrons. The molecule has 13 heavy (non-hydrogen) atoms. The molecule has 0 aliphatic carbocycles. The van der Waals surface area contributed by atoms with Crippen LogP contribution in [0.25, 0.3) is 0 Å². The quantitative estimate of drug-likeness (QED) is 0.268. The van der Waals surface area contributed by atoms with Crippen molar-refractivity contribution < 1.29 is 37.9 Å². The summed E-state index contributed by atoms with van der Waals surface area (Å²) in [5.74, 6) is 0. The van der Waals surface area contributed by atoms with Crippen LogP contribution < -0.4 is 0 Å². The van der Waals surface area contributed by atoms with Crippen molar-refractivity contribution in [3.63, 3.8) is 0 Å². The van der Waals surface area contributed by atoms with Crippen LogP contribution in [0.15, 0.2) is 21.4 Å². The van der Waals surface area contributed by atoms with Crippen LogP contribution >= 0.6 is 0 Å². The molecule has 0 unspecified atom stereocenters. The van der Waals surface area contributed by atoms with Gasteiger partial charge in [-0.1, -0.05) is 0 Å². The molecule has 0 aromatic carbocycles. The summed E-state index contributed by atoms with van der Waals surface area (Å²) in [5, 5.41) is 31.6. The van der Waals surface area contributed by atoms with Gasteiger partial charge >= 0.3 is 0 Å². The maximum Gasteiger partial charge on any atom is 0.152 e. The Bertz CT molecular complexity index is 70.1. The number of hydrogen-bond acceptors (Lipinski definition) is 8. The van der Waals surface area contributed by atoms with Gasteiger partial charge in [-0.05, 0) is 0 Å². The van der Waals surface area contributed by atoms with Gasteiger partial charge in [0.25, 0.3) is 0 Å². The summed E-state index contributed by atoms with van der Waals surface area (Å²) in [7, 11) is 0. The Morgan fingerprint density at radius 2 is 0.538 bits per heavy atom. The Morgan fingerprint density at radius 3 is 0.538 bits per heavy atom. The van der Waals surface area contributed by atoms with Crippen molar-refractivity contribution in [1.82, 2.24) is 0 Å². The van der Waals surface area contributed by atoms with Crippen molar-refractivity contribution >= 4 is 0 Å². The van der Waals surface area contributed by atoms with Gasteiger partial charge in [-0.15, -0.1) is 19.6 Å². The van der Waals surface area contributed by atoms with Crippen LogP contribution in [0.3, 0.4) is 0 Å². The second kappa shape index (κ2) is 187. The fourth-order valence-electron chi connectivity index (χ4n) is 0. The molecule has 4 N–H and O–H groups in total. The first-order valence-corrected chi connectivity index (χ1v) is 1.53. The van der Waals surface area contributed by atoms with Crippen LogP contribution in [0.1, 0.15) is 0 Å². The van der Waals surface area contributed by atoms with Crippen molar-refractivity contribution in [2.45, 2.75) is 0 Å². The zero-order valence-corrected chi connectivity index (χ0v) is 6.67. The van der Waals surface area contributed by atoms with Gasteiger partial charge in [-0.25, -0.2) is 0 Å². The summed E-state index contributed by atoms with van der Waals surface area (Å²) < 4.78 is 0. The normalized spacial score (nSPS) is 3.69. The molecule has 0 amide bonds. The molecule has 0 atom stereocenters. The van der Waals surface area contributed by atoms with Gasteiger partial charge < -0.3 is 20.8 Å². The molecule has 80 valence electrons. The molecule has 0 saturated carbocycles. The topological polar surface area (TPSA) is 199 Å². The van der Waals surface area contributed by atoms with Gasteiger partial charge in [-0.2, -0.15) is 0 Å². The molecule has 0 spiro atoms. The van der Waals surface area contributed by atoms with E-state index in [1.807, 2.05) is 0 Å². The van der Waals surface area contributed by atoms with Gasteiger partial charge in [0.05, 0.1) is 0 Å². The van der Waals surface area contributed by atoms with Crippen molar-refractivity contribution in [3.8, 4) is 0 Å². The van der Waals surface area contributed by atoms with E-state index in [0.717, 1.165) is 0 Å². The van der Waals surface area contributed by atoms with E-state index in [4.69, 9.17) is 40.5 Å². The average molecular weight is 244 g/mol. The Balaban J connectivity index is -0.0000000213. The van der Waals surface area contributed by atoms with Crippen LogP contribution in [0.4, 0.5) is 0 Å². The Morgan fingerprint density at radius 1 is 0.538 bits per heavy atom. The van der Waals surface area contributed by atoms with E-state index >= 15 is 0 Å². The predicted molar refractivity (Wildman–Crippen MR) is 30.3 cm³/mol. The molecule has 0 aromatic heterocycles. The SMILES string of the molecule is O=NO.O=NO.O=NO.O=NO.[Fe]. The summed E-state index contributed by atoms with van der Waals surface area (Å²) in [6.45, 7) is 0. The van der Waals surface area contributed by atoms with E-state index in [1.165, 1.54) is 21.4 Å². The maximum atomic E-state index is 8.11. The largest absolute Gasteiger partial charge is 0.379 e. The minimum absolute atomic E-state index is 0. The van der Waals surface area contributed by atoms with Crippen molar-refractivity contribution in [1.29, 1.82) is 0 Å². The molecule has 0 aliphatic rings. The third-order valence-corrected chi connectivity index (χ3v) is 0. The minimum atomic E-state index is 0. The maximum absolute atomic E-state index is 8.11. The molecule has 12 nitrogen and oxygen atoms in total. The third-order valence-electron chi connectivity index (χ3n) is 0. The van der Waals surface area contributed by atoms with E-state index in [1.54, 1.807) is 0 Å². The van der Waals surface area contributed by atoms with Gasteiger partial charge in [0.1, 0.15) is 0 Å². The smallest absolute Gasteiger partial charge is 0.152 e. The molecular weight excluding hydrogens is 240 g/mol. The number of nitrogens with zero attached hydrogens (tertiary/aromatic N) is 4. The third kappa shape index (κ3) is 189. The number of hydrogen-bond donors (Lipinski definition) is 4. The standard InChI is InChI=1S/Fe.4HNO2/c;4*2-1-3/h;4*(H,2,3). The molecule has 0 heterocycles. The molecule has 0 saturated heterocycles. The summed E-state index contributed by atoms with van der Waals surface area (Å²) in [6, 6.07) is 0. The number of rotatable bonds is 0. The second-order valence-electron chi connectivity index (χ2n) is 0.327. The Kier molecular flexibility index (Phi) is 438. The summed E-state index contributed by atoms with van der Waals surface area (Å²) in [4.78, 5) is 32.4. The van der Waals surface area contributed by atoms with Gasteiger partial charge in [0, 0.05) is 17.1 Å². The van der Waals surface area contributed by atoms with E-state index in [2.05, 4.69) is 0 Å². The van der Waals surface area contributed by atoms with Crippen LogP contribution in [0, 0.1) is 19.6 Å². The van der Waals surface area contributed by atoms with E-state index in [-0.39, 0.29) is 17.1 Å². The molecule has 0 rings (SSSR count). The first-order valence-electron chi connectivity index (χ1n) is 1.53. The van der Waals surface area contributed by atoms with Crippen LogP contribution in [0.5, 0.6) is 0 Å². The van der Waals surface area contributed by atoms with Crippen molar-refractivity contribution in [2.75, 3.05) is 0 Å². The summed E-state index contributed by atoms with van der Waals surface area (Å²) in [5.41, 5.74) is 0. The van der Waals surface area contributed by atoms with Gasteiger partial charge in [0.2, 0.25) is 0 Å². The zero-order chi connectivity index (χ0) is 10.8. The van der Waals surface area contributed by atoms with Crippen LogP contribution in [-0.2, 0) is 17.1 Å². The molecule has 0 aromatic rings. The molecular formula is H4FeN4O8. The molecule has 0 bridgehead atoms. The minimum Gasteiger partial charge on any atom is -0.379 e. The predicted octanol–water partition coefficient (Wildman–Crippen LogP) is 0.566. The fraction of sp³-hybridized carbons (Fsp3) is 0. The summed E-state index contributed by atoms with van der Waals surface area (Å²) in [6.07, 6.45) is 0. The molecule has 0 fully saturated rings. The monoisotopic (exact) mass is 244 g/mol. The average Bonchev–Trinajstić information content (AvgIpc) is 1.92. The Hall–Kier alpha value is -1.88. The van der Waals surface area contributed by atoms with Crippen molar-refractivity contribution in [2.24, 2.45) is 21.4 Å². The Labute approximate surface area is 79.8 Å². The van der Waals surface area contributed by atoms with Crippen LogP contribution in [0.2, 0.25) is 0 Å². The first-order chi connectivity index (χ1) is 5.66. The second-order valence-corrected chi connectivity index (χ2v) is 0.327. The van der Waals surface area contributed by atoms with E-state index in [0.29, 0.717) is 0 Å². The molecule has 13 heteroatoms. The van der Waals surface area contributed by atoms with E-state index in [9.17, 15) is 0 Å². The van der Waals surface area contributed by atoms with Gasteiger partial charge in [0.15, 0.2) is 21.4 Å². The summed E-state index contributed by atoms with van der Waals surface area (Å²) >= 11 is 0. The van der Waals surface area contributed by atoms with Crippen molar-refractivity contribution in [3.05, 3.63) is 19.6 Å². The zero-order valence-electron chi connectivity index (χ0n) is 5.56. The fourth-order valence-corrected chi connectivity index (χ4v) is 0. The first kappa shape index (κ1) is 30.4. The van der Waals surface area contributed by atoms with E-state index < -0.39 is 0 Å². The van der Waals surface area contributed by atoms with Gasteiger partial charge in [-0.3, -0.25) is 0 Å². The molecule has 0 aliphatic heterocycles.